The van der Waals surface area contributed by atoms with Crippen molar-refractivity contribution in [2.75, 3.05) is 7.11 Å². The maximum Gasteiger partial charge on any atom is 0.414 e. The topological polar surface area (TPSA) is 30.5 Å². The van der Waals surface area contributed by atoms with E-state index >= 15 is 0 Å². The summed E-state index contributed by atoms with van der Waals surface area (Å²) in [7, 11) is 1.49. The third kappa shape index (κ3) is 4.89. The summed E-state index contributed by atoms with van der Waals surface area (Å²) < 4.78 is 47.5. The van der Waals surface area contributed by atoms with Crippen molar-refractivity contribution in [1.29, 1.82) is 0 Å². The molecule has 0 amide bonds. The highest BCUT2D eigenvalue weighted by Crippen LogP contribution is 2.26. The van der Waals surface area contributed by atoms with E-state index < -0.39 is 12.3 Å². The van der Waals surface area contributed by atoms with Gasteiger partial charge in [0.2, 0.25) is 0 Å². The fourth-order valence-electron chi connectivity index (χ4n) is 1.91. The first-order valence-electron chi connectivity index (χ1n) is 6.97. The number of alkyl halides is 3. The summed E-state index contributed by atoms with van der Waals surface area (Å²) in [4.78, 5) is 0. The first kappa shape index (κ1) is 16.1. The van der Waals surface area contributed by atoms with Crippen LogP contribution in [0.5, 0.6) is 5.75 Å². The summed E-state index contributed by atoms with van der Waals surface area (Å²) in [6, 6.07) is 6.08. The predicted molar refractivity (Wildman–Crippen MR) is 73.2 cm³/mol. The van der Waals surface area contributed by atoms with Crippen LogP contribution in [-0.4, -0.2) is 25.4 Å². The fraction of sp³-hybridized carbons (Fsp3) is 0.600. The van der Waals surface area contributed by atoms with E-state index in [-0.39, 0.29) is 6.61 Å². The van der Waals surface area contributed by atoms with Gasteiger partial charge in [0.25, 0.3) is 0 Å². The Morgan fingerprint density at radius 1 is 1.33 bits per heavy atom. The Kier molecular flexibility index (Phi) is 5.11. The van der Waals surface area contributed by atoms with Crippen LogP contribution in [0.25, 0.3) is 0 Å². The van der Waals surface area contributed by atoms with Crippen LogP contribution in [0.15, 0.2) is 18.2 Å². The van der Waals surface area contributed by atoms with Gasteiger partial charge in [-0.15, -0.1) is 0 Å². The van der Waals surface area contributed by atoms with E-state index in [9.17, 15) is 13.2 Å². The highest BCUT2D eigenvalue weighted by atomic mass is 19.4. The standard InChI is InChI=1S/C15H20F3NO2/c1-10(15(16,17)18)21-9-12-7-11(3-6-14(12)20-2)8-19-13-4-5-13/h3,6-7,10,13,19H,4-5,8-9H2,1-2H3. The lowest BCUT2D eigenvalue weighted by Gasteiger charge is -2.18. The van der Waals surface area contributed by atoms with Crippen LogP contribution in [0.3, 0.4) is 0 Å². The van der Waals surface area contributed by atoms with Crippen LogP contribution >= 0.6 is 0 Å². The third-order valence-electron chi connectivity index (χ3n) is 3.47. The van der Waals surface area contributed by atoms with Gasteiger partial charge in [-0.05, 0) is 37.5 Å². The molecule has 1 fully saturated rings. The molecule has 1 aromatic rings. The Morgan fingerprint density at radius 2 is 2.05 bits per heavy atom. The molecule has 0 saturated heterocycles. The molecular formula is C15H20F3NO2. The van der Waals surface area contributed by atoms with Crippen LogP contribution in [0.4, 0.5) is 13.2 Å². The minimum absolute atomic E-state index is 0.124. The van der Waals surface area contributed by atoms with Crippen molar-refractivity contribution in [1.82, 2.24) is 5.32 Å². The van der Waals surface area contributed by atoms with Gasteiger partial charge in [-0.2, -0.15) is 13.2 Å². The molecule has 21 heavy (non-hydrogen) atoms. The van der Waals surface area contributed by atoms with Gasteiger partial charge < -0.3 is 14.8 Å². The molecule has 2 rings (SSSR count). The quantitative estimate of drug-likeness (QED) is 0.837. The Hall–Kier alpha value is -1.27. The molecule has 0 heterocycles. The summed E-state index contributed by atoms with van der Waals surface area (Å²) in [6.07, 6.45) is -3.77. The molecular weight excluding hydrogens is 283 g/mol. The predicted octanol–water partition coefficient (Wildman–Crippen LogP) is 3.41. The molecule has 3 nitrogen and oxygen atoms in total. The molecule has 1 aliphatic carbocycles. The molecule has 0 radical (unpaired) electrons. The lowest BCUT2D eigenvalue weighted by Crippen LogP contribution is -2.28. The molecule has 1 N–H and O–H groups in total. The zero-order valence-electron chi connectivity index (χ0n) is 12.2. The zero-order valence-corrected chi connectivity index (χ0v) is 12.2. The summed E-state index contributed by atoms with van der Waals surface area (Å²) in [5.41, 5.74) is 1.64. The van der Waals surface area contributed by atoms with Gasteiger partial charge in [-0.1, -0.05) is 6.07 Å². The van der Waals surface area contributed by atoms with Crippen molar-refractivity contribution >= 4 is 0 Å². The average Bonchev–Trinajstić information content (AvgIpc) is 3.25. The first-order chi connectivity index (χ1) is 9.90. The maximum atomic E-state index is 12.5. The van der Waals surface area contributed by atoms with Crippen LogP contribution < -0.4 is 10.1 Å². The lowest BCUT2D eigenvalue weighted by molar-refractivity contribution is -0.217. The van der Waals surface area contributed by atoms with E-state index in [1.165, 1.54) is 20.0 Å². The van der Waals surface area contributed by atoms with Crippen molar-refractivity contribution in [3.05, 3.63) is 29.3 Å². The van der Waals surface area contributed by atoms with Gasteiger partial charge in [-0.25, -0.2) is 0 Å². The van der Waals surface area contributed by atoms with E-state index in [2.05, 4.69) is 5.32 Å². The molecule has 1 aromatic carbocycles. The van der Waals surface area contributed by atoms with E-state index in [1.807, 2.05) is 12.1 Å². The van der Waals surface area contributed by atoms with Crippen LogP contribution in [0.1, 0.15) is 30.9 Å². The zero-order chi connectivity index (χ0) is 15.5. The number of ether oxygens (including phenoxy) is 2. The molecule has 0 spiro atoms. The molecule has 118 valence electrons. The molecule has 0 bridgehead atoms. The number of methoxy groups -OCH3 is 1. The number of halogens is 3. The van der Waals surface area contributed by atoms with Gasteiger partial charge in [-0.3, -0.25) is 0 Å². The smallest absolute Gasteiger partial charge is 0.414 e. The Balaban J connectivity index is 1.99. The number of hydrogen-bond donors (Lipinski definition) is 1. The van der Waals surface area contributed by atoms with Crippen molar-refractivity contribution in [2.24, 2.45) is 0 Å². The Labute approximate surface area is 122 Å². The number of hydrogen-bond acceptors (Lipinski definition) is 3. The summed E-state index contributed by atoms with van der Waals surface area (Å²) >= 11 is 0. The van der Waals surface area contributed by atoms with Gasteiger partial charge in [0.05, 0.1) is 13.7 Å². The van der Waals surface area contributed by atoms with Gasteiger partial charge in [0.15, 0.2) is 6.10 Å². The first-order valence-corrected chi connectivity index (χ1v) is 6.97. The van der Waals surface area contributed by atoms with Gasteiger partial charge >= 0.3 is 6.18 Å². The second-order valence-electron chi connectivity index (χ2n) is 5.30. The number of nitrogens with one attached hydrogen (secondary N) is 1. The van der Waals surface area contributed by atoms with Crippen molar-refractivity contribution < 1.29 is 22.6 Å². The Morgan fingerprint density at radius 3 is 2.62 bits per heavy atom. The monoisotopic (exact) mass is 303 g/mol. The highest BCUT2D eigenvalue weighted by molar-refractivity contribution is 5.37. The minimum Gasteiger partial charge on any atom is -0.496 e. The lowest BCUT2D eigenvalue weighted by atomic mass is 10.1. The van der Waals surface area contributed by atoms with Crippen LogP contribution in [-0.2, 0) is 17.9 Å². The molecule has 1 saturated carbocycles. The molecule has 1 aliphatic rings. The van der Waals surface area contributed by atoms with Gasteiger partial charge in [0.1, 0.15) is 5.75 Å². The van der Waals surface area contributed by atoms with Crippen molar-refractivity contribution in [3.63, 3.8) is 0 Å². The highest BCUT2D eigenvalue weighted by Gasteiger charge is 2.37. The SMILES string of the molecule is COc1ccc(CNC2CC2)cc1COC(C)C(F)(F)F. The molecule has 1 atom stereocenters. The summed E-state index contributed by atoms with van der Waals surface area (Å²) in [5, 5.41) is 3.37. The Bertz CT molecular complexity index is 472. The largest absolute Gasteiger partial charge is 0.496 e. The van der Waals surface area contributed by atoms with E-state index in [0.29, 0.717) is 23.9 Å². The maximum absolute atomic E-state index is 12.5. The second-order valence-corrected chi connectivity index (χ2v) is 5.30. The third-order valence-corrected chi connectivity index (χ3v) is 3.47. The molecule has 6 heteroatoms. The number of benzene rings is 1. The van der Waals surface area contributed by atoms with Crippen molar-refractivity contribution in [3.8, 4) is 5.75 Å². The van der Waals surface area contributed by atoms with Crippen molar-refractivity contribution in [2.45, 2.75) is 51.2 Å². The normalized spacial score (nSPS) is 16.8. The van der Waals surface area contributed by atoms with Crippen LogP contribution in [0.2, 0.25) is 0 Å². The minimum atomic E-state index is -4.35. The molecule has 0 aliphatic heterocycles. The molecule has 1 unspecified atom stereocenters. The van der Waals surface area contributed by atoms with E-state index in [4.69, 9.17) is 9.47 Å². The van der Waals surface area contributed by atoms with E-state index in [0.717, 1.165) is 12.5 Å². The average molecular weight is 303 g/mol. The summed E-state index contributed by atoms with van der Waals surface area (Å²) in [5.74, 6) is 0.541. The summed E-state index contributed by atoms with van der Waals surface area (Å²) in [6.45, 7) is 1.59. The number of rotatable bonds is 7. The second kappa shape index (κ2) is 6.66. The molecule has 0 aromatic heterocycles. The van der Waals surface area contributed by atoms with Crippen LogP contribution in [0, 0.1) is 0 Å². The fourth-order valence-corrected chi connectivity index (χ4v) is 1.91. The van der Waals surface area contributed by atoms with Gasteiger partial charge in [0, 0.05) is 18.2 Å². The van der Waals surface area contributed by atoms with E-state index in [1.54, 1.807) is 6.07 Å².